The van der Waals surface area contributed by atoms with Crippen LogP contribution in [-0.4, -0.2) is 279 Å². The van der Waals surface area contributed by atoms with Gasteiger partial charge in [-0.1, -0.05) is 79.2 Å². The second-order valence-electron chi connectivity index (χ2n) is 29.5. The lowest BCUT2D eigenvalue weighted by molar-refractivity contribution is -0.135. The van der Waals surface area contributed by atoms with Gasteiger partial charge in [-0.2, -0.15) is 0 Å². The highest BCUT2D eigenvalue weighted by Gasteiger charge is 2.31. The Morgan fingerprint density at radius 3 is 1.06 bits per heavy atom. The van der Waals surface area contributed by atoms with Crippen molar-refractivity contribution in [2.45, 2.75) is 355 Å². The van der Waals surface area contributed by atoms with E-state index in [-0.39, 0.29) is 65.3 Å². The van der Waals surface area contributed by atoms with Crippen LogP contribution in [-0.2, 0) is 20.4 Å². The maximum Gasteiger partial charge on any atom is 0.222 e. The summed E-state index contributed by atoms with van der Waals surface area (Å²) in [6.45, 7) is 73.5. The minimum atomic E-state index is -0.519. The molecule has 570 valence electrons. The molecule has 0 aromatic heterocycles. The van der Waals surface area contributed by atoms with Crippen LogP contribution in [0, 0.1) is 5.92 Å². The van der Waals surface area contributed by atoms with Crippen molar-refractivity contribution in [1.82, 2.24) is 53.9 Å². The Morgan fingerprint density at radius 2 is 0.763 bits per heavy atom. The molecular formula is C78H179N11O3S. The molecule has 0 aliphatic carbocycles. The van der Waals surface area contributed by atoms with E-state index in [1.165, 1.54) is 136 Å². The number of likely N-dealkylation sites (N-methyl/N-ethyl adjacent to an activating group) is 1. The first-order valence-corrected chi connectivity index (χ1v) is 36.8. The highest BCUT2D eigenvalue weighted by atomic mass is 32.2. The van der Waals surface area contributed by atoms with Crippen molar-refractivity contribution in [2.75, 3.05) is 143 Å². The molecule has 8 aliphatic rings. The second kappa shape index (κ2) is 58.5. The van der Waals surface area contributed by atoms with Gasteiger partial charge in [-0.25, -0.2) is 0 Å². The van der Waals surface area contributed by atoms with Crippen LogP contribution in [0.25, 0.3) is 0 Å². The third-order valence-corrected chi connectivity index (χ3v) is 20.7. The first-order valence-electron chi connectivity index (χ1n) is 35.3. The van der Waals surface area contributed by atoms with Gasteiger partial charge in [-0.05, 0) is 236 Å². The molecule has 0 unspecified atom stereocenters. The van der Waals surface area contributed by atoms with Crippen molar-refractivity contribution < 1.29 is 13.8 Å². The van der Waals surface area contributed by atoms with Crippen LogP contribution in [0.15, 0.2) is 0 Å². The van der Waals surface area contributed by atoms with E-state index < -0.39 is 10.8 Å². The van der Waals surface area contributed by atoms with Crippen LogP contribution in [0.4, 0.5) is 0 Å². The number of amides is 2. The van der Waals surface area contributed by atoms with E-state index in [0.29, 0.717) is 35.6 Å². The Balaban J connectivity index is -0.000000146. The van der Waals surface area contributed by atoms with Crippen molar-refractivity contribution in [1.29, 1.82) is 0 Å². The van der Waals surface area contributed by atoms with Crippen LogP contribution in [0.3, 0.4) is 0 Å². The van der Waals surface area contributed by atoms with E-state index in [4.69, 9.17) is 0 Å². The summed E-state index contributed by atoms with van der Waals surface area (Å²) in [6.07, 6.45) is 14.2. The van der Waals surface area contributed by atoms with Gasteiger partial charge >= 0.3 is 0 Å². The smallest absolute Gasteiger partial charge is 0.222 e. The Kier molecular flexibility index (Phi) is 67.8. The monoisotopic (exact) mass is 1350 g/mol. The van der Waals surface area contributed by atoms with E-state index >= 15 is 0 Å². The zero-order valence-corrected chi connectivity index (χ0v) is 61.8. The summed E-state index contributed by atoms with van der Waals surface area (Å²) in [5, 5.41) is 0. The third kappa shape index (κ3) is 45.9. The number of carbonyl (C=O) groups is 2. The Morgan fingerprint density at radius 1 is 0.409 bits per heavy atom. The number of piperazine rings is 3. The average molecular weight is 1350 g/mol. The van der Waals surface area contributed by atoms with E-state index in [1.807, 2.05) is 9.80 Å². The maximum atomic E-state index is 11.2. The minimum Gasteiger partial charge on any atom is -0.340 e. The highest BCUT2D eigenvalue weighted by Crippen LogP contribution is 2.29. The second-order valence-corrected chi connectivity index (χ2v) is 31.2. The van der Waals surface area contributed by atoms with Gasteiger partial charge in [0.2, 0.25) is 11.8 Å². The first-order chi connectivity index (χ1) is 39.8. The topological polar surface area (TPSA) is 86.9 Å². The summed E-state index contributed by atoms with van der Waals surface area (Å²) in [6, 6.07) is 6.85. The molecule has 0 aromatic rings. The number of hydrogen-bond acceptors (Lipinski definition) is 12. The van der Waals surface area contributed by atoms with Gasteiger partial charge in [0, 0.05) is 200 Å². The van der Waals surface area contributed by atoms with Crippen LogP contribution in [0.5, 0.6) is 0 Å². The molecule has 8 fully saturated rings. The fraction of sp³-hybridized carbons (Fsp3) is 0.974. The molecule has 0 aromatic carbocycles. The fourth-order valence-corrected chi connectivity index (χ4v) is 14.0. The molecule has 0 N–H and O–H groups in total. The van der Waals surface area contributed by atoms with Crippen LogP contribution < -0.4 is 0 Å². The molecule has 93 heavy (non-hydrogen) atoms. The maximum absolute atomic E-state index is 11.2. The van der Waals surface area contributed by atoms with Gasteiger partial charge in [-0.15, -0.1) is 0 Å². The Bertz CT molecular complexity index is 1650. The molecule has 0 saturated carbocycles. The molecule has 8 aliphatic heterocycles. The predicted octanol–water partition coefficient (Wildman–Crippen LogP) is 16.6. The number of piperidine rings is 4. The molecule has 2 amide bonds. The Labute approximate surface area is 591 Å². The van der Waals surface area contributed by atoms with E-state index in [9.17, 15) is 13.8 Å². The molecule has 8 saturated heterocycles. The number of likely N-dealkylation sites (tertiary alicyclic amines) is 4. The summed E-state index contributed by atoms with van der Waals surface area (Å²) in [7, 11) is 1.67. The molecule has 8 rings (SSSR count). The van der Waals surface area contributed by atoms with Gasteiger partial charge in [0.15, 0.2) is 0 Å². The number of carbonyl (C=O) groups excluding carboxylic acids is 2. The normalized spacial score (nSPS) is 21.6. The van der Waals surface area contributed by atoms with Crippen molar-refractivity contribution >= 4 is 22.6 Å². The lowest BCUT2D eigenvalue weighted by Crippen LogP contribution is -2.50. The van der Waals surface area contributed by atoms with Crippen LogP contribution >= 0.6 is 0 Å². The number of rotatable bonds is 9. The van der Waals surface area contributed by atoms with Gasteiger partial charge < -0.3 is 19.6 Å². The molecule has 0 radical (unpaired) electrons. The molecule has 1 atom stereocenters. The van der Waals surface area contributed by atoms with E-state index in [2.05, 4.69) is 203 Å². The largest absolute Gasteiger partial charge is 0.340 e. The van der Waals surface area contributed by atoms with E-state index in [0.717, 1.165) is 112 Å². The summed E-state index contributed by atoms with van der Waals surface area (Å²) >= 11 is 0. The quantitative estimate of drug-likeness (QED) is 0.220. The third-order valence-electron chi connectivity index (χ3n) is 19.4. The standard InChI is InChI=1S/C10H22N2.C10H21N.C9H18N2O.2C9H19N.C8H18N2.C8H15NO.C7H15NOS.8CH4/c1-9(2)11-5-7-12(8-6-11)10(3)4;1-9(2)11-8-6-5-7-10(11,3)4;1-8(2)10-4-6-11(7-5-10)9(3)12;1-8(2)10-6-4-9(3)5-7-10;1-8(2)10-7-5-4-6-9(10)3;1-8(2)10-6-4-9(3)5-7-10;1-7(2)9-6-4-3-5-8(9)10;1-7(2)8-3-5-10(9)6-4-8;;;;;;;;/h9-10H,5-8H2,1-4H3;9H,5-8H2,1-4H3;8H,4-7H2,1-3H3;2*8-9H,4-7H2,1-3H3;8H,4-7H2,1-3H3;2*7H,3-6H2,1-2H3;8*1H4/t;;;;9-;;;;;;;;;;;/m....1.........../s1. The van der Waals surface area contributed by atoms with Crippen LogP contribution in [0.2, 0.25) is 0 Å². The zero-order valence-electron chi connectivity index (χ0n) is 61.0. The van der Waals surface area contributed by atoms with E-state index in [1.54, 1.807) is 6.92 Å². The van der Waals surface area contributed by atoms with Crippen molar-refractivity contribution in [3.63, 3.8) is 0 Å². The lowest BCUT2D eigenvalue weighted by Gasteiger charge is -2.45. The molecule has 0 spiro atoms. The van der Waals surface area contributed by atoms with Crippen molar-refractivity contribution in [2.24, 2.45) is 5.92 Å². The predicted molar refractivity (Wildman–Crippen MR) is 426 cm³/mol. The average Bonchev–Trinajstić information content (AvgIpc) is 0.940. The molecular weight excluding hydrogens is 1170 g/mol. The molecule has 14 nitrogen and oxygen atoms in total. The number of hydrogen-bond donors (Lipinski definition) is 0. The molecule has 0 bridgehead atoms. The zero-order chi connectivity index (χ0) is 64.6. The van der Waals surface area contributed by atoms with Crippen LogP contribution in [0.1, 0.15) is 289 Å². The summed E-state index contributed by atoms with van der Waals surface area (Å²) < 4.78 is 10.9. The first kappa shape index (κ1) is 108. The van der Waals surface area contributed by atoms with Crippen molar-refractivity contribution in [3.05, 3.63) is 0 Å². The van der Waals surface area contributed by atoms with Gasteiger partial charge in [0.1, 0.15) is 0 Å². The highest BCUT2D eigenvalue weighted by molar-refractivity contribution is 7.85. The molecule has 15 heteroatoms. The fourth-order valence-electron chi connectivity index (χ4n) is 12.9. The Hall–Kier alpha value is -1.27. The summed E-state index contributed by atoms with van der Waals surface area (Å²) in [4.78, 5) is 48.6. The van der Waals surface area contributed by atoms with Crippen molar-refractivity contribution in [3.8, 4) is 0 Å². The van der Waals surface area contributed by atoms with Gasteiger partial charge in [0.25, 0.3) is 0 Å². The summed E-state index contributed by atoms with van der Waals surface area (Å²) in [5.41, 5.74) is 0.451. The number of nitrogens with zero attached hydrogens (tertiary/aromatic N) is 11. The lowest BCUT2D eigenvalue weighted by atomic mass is 9.89. The molecule has 8 heterocycles. The minimum absolute atomic E-state index is 0. The summed E-state index contributed by atoms with van der Waals surface area (Å²) in [5.74, 6) is 3.26. The van der Waals surface area contributed by atoms with Gasteiger partial charge in [-0.3, -0.25) is 48.1 Å². The SMILES string of the molecule is C.C.C.C.C.C.C.C.CC(=O)N1CCN(C(C)C)CC1.CC(C)N1CCCCC1(C)C.CC(C)N1CCCCC1=O.CC(C)N1CCCC[C@H]1C.CC(C)N1CCN(C(C)C)CC1.CC(C)N1CCN(C)CC1.CC(C)N1CCS(=O)CC1.CC1CCN(C(C)C)CC1. The van der Waals surface area contributed by atoms with Gasteiger partial charge in [0.05, 0.1) is 0 Å².